The topological polar surface area (TPSA) is 112 Å². The van der Waals surface area contributed by atoms with Gasteiger partial charge in [0.15, 0.2) is 6.61 Å². The Morgan fingerprint density at radius 3 is 1.97 bits per heavy atom. The number of alkyl halides is 6. The Hall–Kier alpha value is -1.29. The van der Waals surface area contributed by atoms with Crippen LogP contribution in [0.25, 0.3) is 0 Å². The SMILES string of the molecule is O=C(COC(=O)C(SOOO)(C(F)(F)F)C(F)(F)F)OCC12CC3CC(CC(CO)(C3)C1)C2. The number of esters is 2. The second-order valence-electron chi connectivity index (χ2n) is 9.26. The van der Waals surface area contributed by atoms with E-state index in [-0.39, 0.29) is 18.6 Å². The molecule has 4 aliphatic carbocycles. The minimum absolute atomic E-state index is 0.0123. The number of halogens is 6. The molecule has 2 unspecified atom stereocenters. The quantitative estimate of drug-likeness (QED) is 0.157. The van der Waals surface area contributed by atoms with Crippen molar-refractivity contribution >= 4 is 24.0 Å². The number of ether oxygens (including phenoxy) is 2. The van der Waals surface area contributed by atoms with Crippen molar-refractivity contribution in [2.75, 3.05) is 19.8 Å². The van der Waals surface area contributed by atoms with Gasteiger partial charge in [-0.15, -0.1) is 4.33 Å². The van der Waals surface area contributed by atoms with E-state index in [9.17, 15) is 41.0 Å². The van der Waals surface area contributed by atoms with Crippen LogP contribution in [0.3, 0.4) is 0 Å². The molecule has 4 rings (SSSR count). The maximum atomic E-state index is 13.2. The van der Waals surface area contributed by atoms with Crippen LogP contribution in [-0.2, 0) is 28.4 Å². The van der Waals surface area contributed by atoms with Crippen LogP contribution in [0.15, 0.2) is 0 Å². The van der Waals surface area contributed by atoms with Gasteiger partial charge in [0.25, 0.3) is 0 Å². The van der Waals surface area contributed by atoms with Crippen LogP contribution in [0, 0.1) is 22.7 Å². The van der Waals surface area contributed by atoms with Gasteiger partial charge in [0.2, 0.25) is 0 Å². The Balaban J connectivity index is 1.62. The molecule has 15 heteroatoms. The number of hydrogen-bond acceptors (Lipinski definition) is 9. The Bertz CT molecular complexity index is 729. The summed E-state index contributed by atoms with van der Waals surface area (Å²) in [6.45, 7) is -1.65. The standard InChI is InChI=1S/C18H22F6O8S/c19-17(20,21)16(18(22,23)24,33-32-31-28)13(27)29-6-12(26)30-9-15-4-10-1-11(5-15)3-14(2-10,7-15)8-25/h10-11,25,28H,1-9H2. The fourth-order valence-electron chi connectivity index (χ4n) is 6.09. The van der Waals surface area contributed by atoms with Gasteiger partial charge >= 0.3 is 29.0 Å². The molecule has 0 aliphatic heterocycles. The fraction of sp³-hybridized carbons (Fsp3) is 0.889. The van der Waals surface area contributed by atoms with Crippen molar-refractivity contribution in [3.63, 3.8) is 0 Å². The highest BCUT2D eigenvalue weighted by atomic mass is 32.2. The summed E-state index contributed by atoms with van der Waals surface area (Å²) in [6.07, 6.45) is -7.78. The lowest BCUT2D eigenvalue weighted by molar-refractivity contribution is -0.434. The Kier molecular flexibility index (Phi) is 7.22. The van der Waals surface area contributed by atoms with Crippen molar-refractivity contribution in [1.82, 2.24) is 0 Å². The highest BCUT2D eigenvalue weighted by molar-refractivity contribution is 7.96. The van der Waals surface area contributed by atoms with Gasteiger partial charge in [-0.05, 0) is 55.8 Å². The zero-order chi connectivity index (χ0) is 24.7. The number of rotatable bonds is 9. The molecule has 33 heavy (non-hydrogen) atoms. The van der Waals surface area contributed by atoms with E-state index in [2.05, 4.69) is 14.1 Å². The lowest BCUT2D eigenvalue weighted by Crippen LogP contribution is -2.60. The van der Waals surface area contributed by atoms with Crippen LogP contribution in [0.5, 0.6) is 0 Å². The molecule has 2 N–H and O–H groups in total. The molecule has 4 bridgehead atoms. The minimum Gasteiger partial charge on any atom is -0.463 e. The molecule has 0 amide bonds. The van der Waals surface area contributed by atoms with Crippen LogP contribution < -0.4 is 0 Å². The summed E-state index contributed by atoms with van der Waals surface area (Å²) in [7, 11) is 0. The molecule has 4 aliphatic rings. The van der Waals surface area contributed by atoms with E-state index in [1.807, 2.05) is 0 Å². The van der Waals surface area contributed by atoms with Gasteiger partial charge in [-0.2, -0.15) is 26.3 Å². The molecule has 8 nitrogen and oxygen atoms in total. The summed E-state index contributed by atoms with van der Waals surface area (Å²) in [5.74, 6) is -3.52. The third-order valence-corrected chi connectivity index (χ3v) is 7.78. The zero-order valence-electron chi connectivity index (χ0n) is 17.0. The van der Waals surface area contributed by atoms with Gasteiger partial charge in [-0.1, -0.05) is 5.04 Å². The van der Waals surface area contributed by atoms with Gasteiger partial charge in [-0.25, -0.2) is 14.8 Å². The molecule has 4 saturated carbocycles. The molecule has 190 valence electrons. The fourth-order valence-corrected chi connectivity index (χ4v) is 6.54. The largest absolute Gasteiger partial charge is 0.463 e. The zero-order valence-corrected chi connectivity index (χ0v) is 17.9. The third-order valence-electron chi connectivity index (χ3n) is 6.77. The predicted octanol–water partition coefficient (Wildman–Crippen LogP) is 3.58. The van der Waals surface area contributed by atoms with Crippen LogP contribution in [-0.4, -0.2) is 59.2 Å². The molecule has 0 spiro atoms. The van der Waals surface area contributed by atoms with Gasteiger partial charge in [0.1, 0.15) is 0 Å². The summed E-state index contributed by atoms with van der Waals surface area (Å²) < 4.78 is 86.4. The molecular formula is C18H22F6O8S. The van der Waals surface area contributed by atoms with Crippen LogP contribution in [0.2, 0.25) is 0 Å². The average molecular weight is 512 g/mol. The van der Waals surface area contributed by atoms with Gasteiger partial charge < -0.3 is 14.6 Å². The highest BCUT2D eigenvalue weighted by Crippen LogP contribution is 2.65. The van der Waals surface area contributed by atoms with E-state index in [1.54, 1.807) is 0 Å². The minimum atomic E-state index is -6.28. The molecule has 0 heterocycles. The summed E-state index contributed by atoms with van der Waals surface area (Å²) in [5.41, 5.74) is -0.704. The summed E-state index contributed by atoms with van der Waals surface area (Å²) >= 11 is -1.58. The molecule has 0 aromatic carbocycles. The van der Waals surface area contributed by atoms with E-state index < -0.39 is 53.1 Å². The smallest absolute Gasteiger partial charge is 0.425 e. The molecular weight excluding hydrogens is 490 g/mol. The molecule has 2 atom stereocenters. The van der Waals surface area contributed by atoms with Crippen molar-refractivity contribution in [3.8, 4) is 0 Å². The van der Waals surface area contributed by atoms with E-state index in [0.29, 0.717) is 18.3 Å². The first kappa shape index (κ1) is 26.3. The molecule has 0 saturated heterocycles. The number of carbonyl (C=O) groups is 2. The first-order valence-corrected chi connectivity index (χ1v) is 10.7. The van der Waals surface area contributed by atoms with Gasteiger partial charge in [0.05, 0.1) is 18.6 Å². The van der Waals surface area contributed by atoms with E-state index >= 15 is 0 Å². The summed E-state index contributed by atoms with van der Waals surface area (Å²) in [4.78, 5) is 23.9. The number of aliphatic hydroxyl groups excluding tert-OH is 1. The number of hydrogen-bond donors (Lipinski definition) is 2. The van der Waals surface area contributed by atoms with E-state index in [0.717, 1.165) is 32.1 Å². The first-order valence-electron chi connectivity index (χ1n) is 9.95. The van der Waals surface area contributed by atoms with Crippen LogP contribution in [0.4, 0.5) is 26.3 Å². The Labute approximate surface area is 187 Å². The predicted molar refractivity (Wildman–Crippen MR) is 95.8 cm³/mol. The Morgan fingerprint density at radius 1 is 0.939 bits per heavy atom. The van der Waals surface area contributed by atoms with Crippen molar-refractivity contribution in [2.24, 2.45) is 22.7 Å². The normalized spacial score (nSPS) is 31.5. The maximum Gasteiger partial charge on any atom is 0.425 e. The monoisotopic (exact) mass is 512 g/mol. The first-order chi connectivity index (χ1) is 15.2. The third kappa shape index (κ3) is 4.92. The van der Waals surface area contributed by atoms with Gasteiger partial charge in [0, 0.05) is 12.0 Å². The molecule has 0 radical (unpaired) electrons. The summed E-state index contributed by atoms with van der Waals surface area (Å²) in [5, 5.41) is 20.6. The Morgan fingerprint density at radius 2 is 1.48 bits per heavy atom. The van der Waals surface area contributed by atoms with Gasteiger partial charge in [-0.3, -0.25) is 0 Å². The molecule has 0 aromatic heterocycles. The average Bonchev–Trinajstić information content (AvgIpc) is 2.68. The second-order valence-corrected chi connectivity index (χ2v) is 10.2. The number of carbonyl (C=O) groups excluding carboxylic acids is 2. The van der Waals surface area contributed by atoms with Crippen LogP contribution in [0.1, 0.15) is 38.5 Å². The van der Waals surface area contributed by atoms with E-state index in [4.69, 9.17) is 9.99 Å². The maximum absolute atomic E-state index is 13.2. The molecule has 4 fully saturated rings. The van der Waals surface area contributed by atoms with Crippen molar-refractivity contribution < 1.29 is 65.1 Å². The lowest BCUT2D eigenvalue weighted by atomic mass is 9.44. The lowest BCUT2D eigenvalue weighted by Gasteiger charge is -2.61. The van der Waals surface area contributed by atoms with Crippen LogP contribution >= 0.6 is 12.0 Å². The molecule has 0 aromatic rings. The highest BCUT2D eigenvalue weighted by Gasteiger charge is 2.79. The summed E-state index contributed by atoms with van der Waals surface area (Å²) in [6, 6.07) is 0. The number of aliphatic hydroxyl groups is 1. The van der Waals surface area contributed by atoms with Crippen molar-refractivity contribution in [3.05, 3.63) is 0 Å². The van der Waals surface area contributed by atoms with Crippen molar-refractivity contribution in [2.45, 2.75) is 55.6 Å². The van der Waals surface area contributed by atoms with Crippen molar-refractivity contribution in [1.29, 1.82) is 0 Å². The van der Waals surface area contributed by atoms with E-state index in [1.165, 1.54) is 0 Å². The second kappa shape index (κ2) is 9.06.